The highest BCUT2D eigenvalue weighted by Crippen LogP contribution is 2.14. The minimum absolute atomic E-state index is 0.0604. The van der Waals surface area contributed by atoms with Crippen LogP contribution in [0.15, 0.2) is 24.3 Å². The van der Waals surface area contributed by atoms with Gasteiger partial charge in [0, 0.05) is 38.9 Å². The minimum atomic E-state index is -0.668. The molecule has 0 spiro atoms. The first kappa shape index (κ1) is 16.3. The lowest BCUT2D eigenvalue weighted by Gasteiger charge is -2.35. The largest absolute Gasteiger partial charge is 0.508 e. The molecule has 1 heterocycles. The van der Waals surface area contributed by atoms with Crippen molar-refractivity contribution in [2.75, 3.05) is 39.9 Å². The molecular formula is C15H21N3O4. The van der Waals surface area contributed by atoms with Crippen LogP contribution in [0.1, 0.15) is 10.4 Å². The van der Waals surface area contributed by atoms with Crippen molar-refractivity contribution in [3.63, 3.8) is 0 Å². The molecule has 7 nitrogen and oxygen atoms in total. The van der Waals surface area contributed by atoms with E-state index in [9.17, 15) is 14.7 Å². The molecule has 0 aromatic heterocycles. The van der Waals surface area contributed by atoms with E-state index in [-0.39, 0.29) is 24.2 Å². The van der Waals surface area contributed by atoms with Crippen LogP contribution in [0.25, 0.3) is 0 Å². The van der Waals surface area contributed by atoms with Gasteiger partial charge in [-0.1, -0.05) is 6.07 Å². The first-order chi connectivity index (χ1) is 10.5. The molecule has 22 heavy (non-hydrogen) atoms. The van der Waals surface area contributed by atoms with E-state index in [4.69, 9.17) is 10.5 Å². The molecule has 3 N–H and O–H groups in total. The van der Waals surface area contributed by atoms with Gasteiger partial charge >= 0.3 is 0 Å². The Kier molecular flexibility index (Phi) is 5.35. The van der Waals surface area contributed by atoms with Crippen molar-refractivity contribution in [1.29, 1.82) is 0 Å². The number of carbonyl (C=O) groups excluding carboxylic acids is 2. The fourth-order valence-corrected chi connectivity index (χ4v) is 2.44. The monoisotopic (exact) mass is 307 g/mol. The normalized spacial score (nSPS) is 16.5. The number of piperazine rings is 1. The summed E-state index contributed by atoms with van der Waals surface area (Å²) in [6.45, 7) is 1.96. The van der Waals surface area contributed by atoms with E-state index >= 15 is 0 Å². The number of nitrogens with two attached hydrogens (primary N) is 1. The molecule has 1 aromatic rings. The molecule has 0 radical (unpaired) electrons. The average Bonchev–Trinajstić information content (AvgIpc) is 2.54. The molecule has 1 unspecified atom stereocenters. The lowest BCUT2D eigenvalue weighted by molar-refractivity contribution is -0.135. The van der Waals surface area contributed by atoms with Crippen molar-refractivity contribution in [3.05, 3.63) is 29.8 Å². The molecular weight excluding hydrogens is 286 g/mol. The molecule has 1 aliphatic rings. The Labute approximate surface area is 129 Å². The highest BCUT2D eigenvalue weighted by molar-refractivity contribution is 5.94. The van der Waals surface area contributed by atoms with Gasteiger partial charge in [0.05, 0.1) is 6.61 Å². The molecule has 0 bridgehead atoms. The third-order valence-corrected chi connectivity index (χ3v) is 3.64. The van der Waals surface area contributed by atoms with E-state index < -0.39 is 6.04 Å². The van der Waals surface area contributed by atoms with Crippen LogP contribution in [0, 0.1) is 0 Å². The van der Waals surface area contributed by atoms with Crippen LogP contribution < -0.4 is 5.73 Å². The summed E-state index contributed by atoms with van der Waals surface area (Å²) in [6.07, 6.45) is 0. The van der Waals surface area contributed by atoms with Gasteiger partial charge in [-0.3, -0.25) is 9.59 Å². The predicted molar refractivity (Wildman–Crippen MR) is 80.4 cm³/mol. The quantitative estimate of drug-likeness (QED) is 0.792. The Hall–Kier alpha value is -2.12. The fourth-order valence-electron chi connectivity index (χ4n) is 2.44. The summed E-state index contributed by atoms with van der Waals surface area (Å²) in [5, 5.41) is 9.44. The Morgan fingerprint density at radius 1 is 1.27 bits per heavy atom. The maximum absolute atomic E-state index is 12.3. The summed E-state index contributed by atoms with van der Waals surface area (Å²) in [4.78, 5) is 27.7. The molecule has 7 heteroatoms. The number of hydrogen-bond acceptors (Lipinski definition) is 5. The van der Waals surface area contributed by atoms with Gasteiger partial charge in [-0.15, -0.1) is 0 Å². The van der Waals surface area contributed by atoms with Crippen LogP contribution in [0.5, 0.6) is 5.75 Å². The van der Waals surface area contributed by atoms with E-state index in [1.165, 1.54) is 19.2 Å². The third kappa shape index (κ3) is 3.75. The fraction of sp³-hybridized carbons (Fsp3) is 0.467. The van der Waals surface area contributed by atoms with Crippen molar-refractivity contribution >= 4 is 11.8 Å². The van der Waals surface area contributed by atoms with E-state index in [0.29, 0.717) is 31.7 Å². The Morgan fingerprint density at radius 2 is 1.91 bits per heavy atom. The molecule has 2 amide bonds. The van der Waals surface area contributed by atoms with Crippen LogP contribution in [0.3, 0.4) is 0 Å². The molecule has 1 fully saturated rings. The molecule has 1 aliphatic heterocycles. The van der Waals surface area contributed by atoms with Crippen molar-refractivity contribution in [2.45, 2.75) is 6.04 Å². The van der Waals surface area contributed by atoms with E-state index in [2.05, 4.69) is 0 Å². The SMILES string of the molecule is COCC(N)C(=O)N1CCN(C(=O)c2cccc(O)c2)CC1. The summed E-state index contributed by atoms with van der Waals surface area (Å²) in [5.41, 5.74) is 6.18. The van der Waals surface area contributed by atoms with E-state index in [1.54, 1.807) is 21.9 Å². The Bertz CT molecular complexity index is 541. The predicted octanol–water partition coefficient (Wildman–Crippen LogP) is -0.350. The maximum atomic E-state index is 12.3. The molecule has 0 saturated carbocycles. The second kappa shape index (κ2) is 7.24. The summed E-state index contributed by atoms with van der Waals surface area (Å²) < 4.78 is 4.88. The van der Waals surface area contributed by atoms with Gasteiger partial charge in [-0.05, 0) is 18.2 Å². The number of hydrogen-bond donors (Lipinski definition) is 2. The minimum Gasteiger partial charge on any atom is -0.508 e. The first-order valence-corrected chi connectivity index (χ1v) is 7.14. The van der Waals surface area contributed by atoms with Crippen molar-refractivity contribution < 1.29 is 19.4 Å². The summed E-state index contributed by atoms with van der Waals surface area (Å²) in [7, 11) is 1.50. The number of methoxy groups -OCH3 is 1. The van der Waals surface area contributed by atoms with Gasteiger partial charge in [0.25, 0.3) is 5.91 Å². The highest BCUT2D eigenvalue weighted by Gasteiger charge is 2.27. The number of carbonyl (C=O) groups is 2. The summed E-state index contributed by atoms with van der Waals surface area (Å²) in [5.74, 6) is -0.249. The Morgan fingerprint density at radius 3 is 2.50 bits per heavy atom. The van der Waals surface area contributed by atoms with Gasteiger partial charge in [-0.25, -0.2) is 0 Å². The number of nitrogens with zero attached hydrogens (tertiary/aromatic N) is 2. The lowest BCUT2D eigenvalue weighted by atomic mass is 10.1. The van der Waals surface area contributed by atoms with E-state index in [0.717, 1.165) is 0 Å². The van der Waals surface area contributed by atoms with Crippen molar-refractivity contribution in [2.24, 2.45) is 5.73 Å². The van der Waals surface area contributed by atoms with Gasteiger partial charge in [0.2, 0.25) is 5.91 Å². The van der Waals surface area contributed by atoms with Gasteiger partial charge in [0.15, 0.2) is 0 Å². The number of ether oxygens (including phenoxy) is 1. The van der Waals surface area contributed by atoms with Crippen LogP contribution in [0.4, 0.5) is 0 Å². The zero-order valence-corrected chi connectivity index (χ0v) is 12.6. The number of rotatable bonds is 4. The number of aromatic hydroxyl groups is 1. The highest BCUT2D eigenvalue weighted by atomic mass is 16.5. The second-order valence-electron chi connectivity index (χ2n) is 5.23. The van der Waals surface area contributed by atoms with Crippen LogP contribution in [0.2, 0.25) is 0 Å². The van der Waals surface area contributed by atoms with Crippen LogP contribution >= 0.6 is 0 Å². The third-order valence-electron chi connectivity index (χ3n) is 3.64. The van der Waals surface area contributed by atoms with E-state index in [1.807, 2.05) is 0 Å². The second-order valence-corrected chi connectivity index (χ2v) is 5.23. The van der Waals surface area contributed by atoms with Crippen LogP contribution in [-0.2, 0) is 9.53 Å². The Balaban J connectivity index is 1.92. The standard InChI is InChI=1S/C15H21N3O4/c1-22-10-13(16)15(21)18-7-5-17(6-8-18)14(20)11-3-2-4-12(19)9-11/h2-4,9,13,19H,5-8,10,16H2,1H3. The number of benzene rings is 1. The van der Waals surface area contributed by atoms with Gasteiger partial charge < -0.3 is 25.4 Å². The smallest absolute Gasteiger partial charge is 0.254 e. The lowest BCUT2D eigenvalue weighted by Crippen LogP contribution is -2.55. The molecule has 120 valence electrons. The average molecular weight is 307 g/mol. The molecule has 1 atom stereocenters. The summed E-state index contributed by atoms with van der Waals surface area (Å²) in [6, 6.07) is 5.58. The number of phenols is 1. The van der Waals surface area contributed by atoms with Crippen molar-refractivity contribution in [1.82, 2.24) is 9.80 Å². The number of amides is 2. The molecule has 1 saturated heterocycles. The van der Waals surface area contributed by atoms with Crippen molar-refractivity contribution in [3.8, 4) is 5.75 Å². The number of phenolic OH excluding ortho intramolecular Hbond substituents is 1. The molecule has 1 aromatic carbocycles. The zero-order valence-electron chi connectivity index (χ0n) is 12.6. The topological polar surface area (TPSA) is 96.1 Å². The summed E-state index contributed by atoms with van der Waals surface area (Å²) >= 11 is 0. The van der Waals surface area contributed by atoms with Crippen LogP contribution in [-0.4, -0.2) is 72.7 Å². The molecule has 0 aliphatic carbocycles. The first-order valence-electron chi connectivity index (χ1n) is 7.14. The maximum Gasteiger partial charge on any atom is 0.254 e. The van der Waals surface area contributed by atoms with Gasteiger partial charge in [0.1, 0.15) is 11.8 Å². The molecule has 2 rings (SSSR count). The zero-order chi connectivity index (χ0) is 16.1. The van der Waals surface area contributed by atoms with Gasteiger partial charge in [-0.2, -0.15) is 0 Å².